The summed E-state index contributed by atoms with van der Waals surface area (Å²) in [4.78, 5) is 19.5. The molecule has 0 radical (unpaired) electrons. The molecule has 0 saturated carbocycles. The normalized spacial score (nSPS) is 19.8. The molecule has 1 saturated heterocycles. The number of hydrogen-bond acceptors (Lipinski definition) is 6. The molecule has 2 aromatic heterocycles. The number of carbonyl (C=O) groups is 1. The Labute approximate surface area is 102 Å². The first-order valence-corrected chi connectivity index (χ1v) is 5.55. The Kier molecular flexibility index (Phi) is 2.56. The standard InChI is InChI=1S/C10H12N6O2/c1-16-3-2-11-9(16)8-14-10(18-15-8)6-4-13-7(17)5-12-6/h2-3,6,12H,4-5H2,1H3,(H,13,17). The molecule has 0 bridgehead atoms. The van der Waals surface area contributed by atoms with Gasteiger partial charge in [0.25, 0.3) is 0 Å². The van der Waals surface area contributed by atoms with Crippen molar-refractivity contribution < 1.29 is 9.32 Å². The SMILES string of the molecule is Cn1ccnc1-c1noc(C2CNC(=O)CN2)n1. The van der Waals surface area contributed by atoms with E-state index < -0.39 is 0 Å². The molecule has 2 N–H and O–H groups in total. The smallest absolute Gasteiger partial charge is 0.246 e. The van der Waals surface area contributed by atoms with Gasteiger partial charge in [-0.25, -0.2) is 4.98 Å². The van der Waals surface area contributed by atoms with Crippen molar-refractivity contribution in [3.63, 3.8) is 0 Å². The van der Waals surface area contributed by atoms with Crippen LogP contribution in [0, 0.1) is 0 Å². The molecule has 8 nitrogen and oxygen atoms in total. The van der Waals surface area contributed by atoms with Gasteiger partial charge in [0.2, 0.25) is 17.6 Å². The van der Waals surface area contributed by atoms with Crippen molar-refractivity contribution in [1.82, 2.24) is 30.3 Å². The van der Waals surface area contributed by atoms with Gasteiger partial charge in [0.05, 0.1) is 6.54 Å². The molecule has 2 aromatic rings. The van der Waals surface area contributed by atoms with Crippen LogP contribution in [0.3, 0.4) is 0 Å². The first-order valence-electron chi connectivity index (χ1n) is 5.55. The number of imidazole rings is 1. The fourth-order valence-corrected chi connectivity index (χ4v) is 1.79. The highest BCUT2D eigenvalue weighted by molar-refractivity contribution is 5.78. The Hall–Kier alpha value is -2.22. The van der Waals surface area contributed by atoms with E-state index in [4.69, 9.17) is 4.52 Å². The number of aromatic nitrogens is 4. The maximum Gasteiger partial charge on any atom is 0.246 e. The van der Waals surface area contributed by atoms with Crippen LogP contribution in [0.2, 0.25) is 0 Å². The summed E-state index contributed by atoms with van der Waals surface area (Å²) in [6.07, 6.45) is 3.48. The molecule has 1 aliphatic heterocycles. The molecule has 0 aromatic carbocycles. The third kappa shape index (κ3) is 1.86. The topological polar surface area (TPSA) is 97.9 Å². The van der Waals surface area contributed by atoms with E-state index in [2.05, 4.69) is 25.8 Å². The van der Waals surface area contributed by atoms with Gasteiger partial charge in [-0.05, 0) is 0 Å². The molecule has 1 fully saturated rings. The van der Waals surface area contributed by atoms with Gasteiger partial charge >= 0.3 is 0 Å². The summed E-state index contributed by atoms with van der Waals surface area (Å²) in [7, 11) is 1.86. The lowest BCUT2D eigenvalue weighted by Crippen LogP contribution is -2.47. The van der Waals surface area contributed by atoms with Crippen LogP contribution >= 0.6 is 0 Å². The molecular formula is C10H12N6O2. The summed E-state index contributed by atoms with van der Waals surface area (Å²) in [5, 5.41) is 9.65. The molecule has 3 rings (SSSR count). The summed E-state index contributed by atoms with van der Waals surface area (Å²) in [6, 6.07) is -0.149. The number of amides is 1. The predicted molar refractivity (Wildman–Crippen MR) is 60.3 cm³/mol. The van der Waals surface area contributed by atoms with Gasteiger partial charge in [-0.1, -0.05) is 5.16 Å². The molecule has 1 atom stereocenters. The zero-order chi connectivity index (χ0) is 12.5. The second kappa shape index (κ2) is 4.22. The van der Waals surface area contributed by atoms with Crippen LogP contribution in [0.25, 0.3) is 11.6 Å². The van der Waals surface area contributed by atoms with Crippen LogP contribution in [0.1, 0.15) is 11.9 Å². The average molecular weight is 248 g/mol. The molecule has 1 aliphatic rings. The van der Waals surface area contributed by atoms with Crippen molar-refractivity contribution in [3.05, 3.63) is 18.3 Å². The van der Waals surface area contributed by atoms with E-state index in [0.29, 0.717) is 24.1 Å². The molecular weight excluding hydrogens is 236 g/mol. The van der Waals surface area contributed by atoms with Crippen molar-refractivity contribution in [1.29, 1.82) is 0 Å². The second-order valence-electron chi connectivity index (χ2n) is 4.06. The largest absolute Gasteiger partial charge is 0.353 e. The van der Waals surface area contributed by atoms with Crippen LogP contribution in [0.4, 0.5) is 0 Å². The number of nitrogens with one attached hydrogen (secondary N) is 2. The lowest BCUT2D eigenvalue weighted by Gasteiger charge is -2.20. The van der Waals surface area contributed by atoms with Crippen molar-refractivity contribution in [2.75, 3.05) is 13.1 Å². The lowest BCUT2D eigenvalue weighted by molar-refractivity contribution is -0.121. The number of piperazine rings is 1. The summed E-state index contributed by atoms with van der Waals surface area (Å²) >= 11 is 0. The molecule has 0 aliphatic carbocycles. The molecule has 18 heavy (non-hydrogen) atoms. The molecule has 8 heteroatoms. The van der Waals surface area contributed by atoms with Crippen LogP contribution in [0.15, 0.2) is 16.9 Å². The minimum absolute atomic E-state index is 0.0323. The maximum absolute atomic E-state index is 11.0. The second-order valence-corrected chi connectivity index (χ2v) is 4.06. The fourth-order valence-electron chi connectivity index (χ4n) is 1.79. The highest BCUT2D eigenvalue weighted by atomic mass is 16.5. The van der Waals surface area contributed by atoms with Crippen LogP contribution < -0.4 is 10.6 Å². The third-order valence-electron chi connectivity index (χ3n) is 2.77. The summed E-state index contributed by atoms with van der Waals surface area (Å²) in [6.45, 7) is 0.700. The van der Waals surface area contributed by atoms with Crippen molar-refractivity contribution in [2.45, 2.75) is 6.04 Å². The van der Waals surface area contributed by atoms with E-state index in [0.717, 1.165) is 0 Å². The van der Waals surface area contributed by atoms with Gasteiger partial charge < -0.3 is 14.4 Å². The third-order valence-corrected chi connectivity index (χ3v) is 2.77. The number of nitrogens with zero attached hydrogens (tertiary/aromatic N) is 4. The van der Waals surface area contributed by atoms with Crippen molar-refractivity contribution >= 4 is 5.91 Å². The van der Waals surface area contributed by atoms with Gasteiger partial charge in [-0.15, -0.1) is 0 Å². The number of rotatable bonds is 2. The quantitative estimate of drug-likeness (QED) is 0.724. The monoisotopic (exact) mass is 248 g/mol. The van der Waals surface area contributed by atoms with Gasteiger partial charge in [-0.3, -0.25) is 10.1 Å². The summed E-state index contributed by atoms with van der Waals surface area (Å²) in [5.74, 6) is 1.50. The molecule has 1 unspecified atom stereocenters. The van der Waals surface area contributed by atoms with Crippen molar-refractivity contribution in [3.8, 4) is 11.6 Å². The highest BCUT2D eigenvalue weighted by Gasteiger charge is 2.24. The van der Waals surface area contributed by atoms with Gasteiger partial charge in [-0.2, -0.15) is 4.98 Å². The van der Waals surface area contributed by atoms with E-state index in [1.54, 1.807) is 6.20 Å². The Morgan fingerprint density at radius 3 is 3.11 bits per heavy atom. The molecule has 3 heterocycles. The number of hydrogen-bond donors (Lipinski definition) is 2. The van der Waals surface area contributed by atoms with Gasteiger partial charge in [0.1, 0.15) is 6.04 Å². The van der Waals surface area contributed by atoms with E-state index in [1.165, 1.54) is 0 Å². The zero-order valence-corrected chi connectivity index (χ0v) is 9.75. The van der Waals surface area contributed by atoms with E-state index >= 15 is 0 Å². The Bertz CT molecular complexity index is 564. The predicted octanol–water partition coefficient (Wildman–Crippen LogP) is -0.769. The number of carbonyl (C=O) groups excluding carboxylic acids is 1. The number of aryl methyl sites for hydroxylation is 1. The Balaban J connectivity index is 1.82. The van der Waals surface area contributed by atoms with Gasteiger partial charge in [0, 0.05) is 26.0 Å². The lowest BCUT2D eigenvalue weighted by atomic mass is 10.2. The maximum atomic E-state index is 11.0. The van der Waals surface area contributed by atoms with Crippen LogP contribution in [0.5, 0.6) is 0 Å². The molecule has 94 valence electrons. The minimum Gasteiger partial charge on any atom is -0.353 e. The molecule has 0 spiro atoms. The fraction of sp³-hybridized carbons (Fsp3) is 0.400. The zero-order valence-electron chi connectivity index (χ0n) is 9.75. The Morgan fingerprint density at radius 2 is 2.44 bits per heavy atom. The molecule has 1 amide bonds. The van der Waals surface area contributed by atoms with E-state index in [-0.39, 0.29) is 18.5 Å². The summed E-state index contributed by atoms with van der Waals surface area (Å²) in [5.41, 5.74) is 0. The van der Waals surface area contributed by atoms with Crippen molar-refractivity contribution in [2.24, 2.45) is 7.05 Å². The first kappa shape index (κ1) is 10.9. The highest BCUT2D eigenvalue weighted by Crippen LogP contribution is 2.17. The first-order chi connectivity index (χ1) is 8.74. The van der Waals surface area contributed by atoms with E-state index in [1.807, 2.05) is 17.8 Å². The Morgan fingerprint density at radius 1 is 1.56 bits per heavy atom. The summed E-state index contributed by atoms with van der Waals surface area (Å²) < 4.78 is 7.00. The minimum atomic E-state index is -0.149. The van der Waals surface area contributed by atoms with E-state index in [9.17, 15) is 4.79 Å². The van der Waals surface area contributed by atoms with Crippen LogP contribution in [-0.4, -0.2) is 38.7 Å². The van der Waals surface area contributed by atoms with Crippen LogP contribution in [-0.2, 0) is 11.8 Å². The average Bonchev–Trinajstić information content (AvgIpc) is 2.98. The van der Waals surface area contributed by atoms with Gasteiger partial charge in [0.15, 0.2) is 5.82 Å².